The average molecular weight is 203 g/mol. The first-order valence-electron chi connectivity index (χ1n) is 4.77. The highest BCUT2D eigenvalue weighted by Gasteiger charge is 2.05. The summed E-state index contributed by atoms with van der Waals surface area (Å²) in [4.78, 5) is 8.00. The third-order valence-corrected chi connectivity index (χ3v) is 2.22. The van der Waals surface area contributed by atoms with Crippen LogP contribution in [0.1, 0.15) is 17.1 Å². The highest BCUT2D eigenvalue weighted by atomic mass is 15.1. The topological polar surface area (TPSA) is 66.5 Å². The number of aromatic amines is 1. The van der Waals surface area contributed by atoms with Gasteiger partial charge in [0.05, 0.1) is 29.3 Å². The van der Waals surface area contributed by atoms with E-state index in [1.807, 2.05) is 19.9 Å². The number of aromatic nitrogens is 4. The summed E-state index contributed by atoms with van der Waals surface area (Å²) in [5.74, 6) is 0. The molecule has 2 aromatic rings. The molecule has 0 aliphatic heterocycles. The van der Waals surface area contributed by atoms with Gasteiger partial charge in [-0.1, -0.05) is 0 Å². The van der Waals surface area contributed by atoms with Crippen LogP contribution in [0.4, 0.5) is 5.69 Å². The molecule has 2 N–H and O–H groups in total. The number of anilines is 1. The van der Waals surface area contributed by atoms with E-state index in [0.717, 1.165) is 22.8 Å². The zero-order valence-corrected chi connectivity index (χ0v) is 8.78. The van der Waals surface area contributed by atoms with Crippen molar-refractivity contribution in [2.75, 3.05) is 5.32 Å². The lowest BCUT2D eigenvalue weighted by Crippen LogP contribution is -2.02. The second kappa shape index (κ2) is 4.08. The van der Waals surface area contributed by atoms with Gasteiger partial charge in [0.25, 0.3) is 0 Å². The summed E-state index contributed by atoms with van der Waals surface area (Å²) in [6, 6.07) is 1.89. The molecular weight excluding hydrogens is 190 g/mol. The average Bonchev–Trinajstić information content (AvgIpc) is 2.58. The van der Waals surface area contributed by atoms with Crippen molar-refractivity contribution in [3.8, 4) is 0 Å². The van der Waals surface area contributed by atoms with E-state index in [2.05, 4.69) is 25.5 Å². The van der Waals surface area contributed by atoms with Crippen molar-refractivity contribution >= 4 is 5.69 Å². The molecular formula is C10H13N5. The zero-order chi connectivity index (χ0) is 10.7. The van der Waals surface area contributed by atoms with Gasteiger partial charge in [0.1, 0.15) is 6.33 Å². The molecule has 2 heterocycles. The van der Waals surface area contributed by atoms with E-state index < -0.39 is 0 Å². The van der Waals surface area contributed by atoms with Crippen LogP contribution in [-0.2, 0) is 6.54 Å². The van der Waals surface area contributed by atoms with Gasteiger partial charge in [0, 0.05) is 6.20 Å². The van der Waals surface area contributed by atoms with E-state index in [1.165, 1.54) is 0 Å². The quantitative estimate of drug-likeness (QED) is 0.791. The number of nitrogens with zero attached hydrogens (tertiary/aromatic N) is 3. The van der Waals surface area contributed by atoms with Crippen molar-refractivity contribution in [3.05, 3.63) is 35.7 Å². The van der Waals surface area contributed by atoms with Crippen LogP contribution in [0.15, 0.2) is 18.6 Å². The Labute approximate surface area is 88.0 Å². The maximum atomic E-state index is 4.13. The van der Waals surface area contributed by atoms with E-state index in [4.69, 9.17) is 0 Å². The number of H-pyrrole nitrogens is 1. The Balaban J connectivity index is 2.05. The molecule has 0 radical (unpaired) electrons. The molecule has 0 amide bonds. The first-order chi connectivity index (χ1) is 7.27. The molecule has 2 aromatic heterocycles. The fourth-order valence-corrected chi connectivity index (χ4v) is 1.41. The lowest BCUT2D eigenvalue weighted by atomic mass is 10.3. The molecule has 2 rings (SSSR count). The largest absolute Gasteiger partial charge is 0.376 e. The van der Waals surface area contributed by atoms with Crippen molar-refractivity contribution in [3.63, 3.8) is 0 Å². The van der Waals surface area contributed by atoms with Gasteiger partial charge in [-0.3, -0.25) is 5.10 Å². The number of hydrogen-bond donors (Lipinski definition) is 2. The van der Waals surface area contributed by atoms with Crippen LogP contribution in [0.25, 0.3) is 0 Å². The van der Waals surface area contributed by atoms with Crippen LogP contribution < -0.4 is 5.32 Å². The van der Waals surface area contributed by atoms with Crippen molar-refractivity contribution in [2.45, 2.75) is 20.4 Å². The third-order valence-electron chi connectivity index (χ3n) is 2.22. The molecule has 0 bridgehead atoms. The number of aryl methyl sites for hydroxylation is 2. The van der Waals surface area contributed by atoms with Crippen molar-refractivity contribution in [2.24, 2.45) is 0 Å². The van der Waals surface area contributed by atoms with Gasteiger partial charge in [-0.25, -0.2) is 9.97 Å². The Morgan fingerprint density at radius 2 is 2.27 bits per heavy atom. The summed E-state index contributed by atoms with van der Waals surface area (Å²) < 4.78 is 0. The zero-order valence-electron chi connectivity index (χ0n) is 8.78. The van der Waals surface area contributed by atoms with Crippen molar-refractivity contribution < 1.29 is 0 Å². The summed E-state index contributed by atoms with van der Waals surface area (Å²) in [5.41, 5.74) is 4.03. The normalized spacial score (nSPS) is 10.3. The van der Waals surface area contributed by atoms with Gasteiger partial charge in [0.2, 0.25) is 0 Å². The van der Waals surface area contributed by atoms with Crippen LogP contribution in [0, 0.1) is 13.8 Å². The summed E-state index contributed by atoms with van der Waals surface area (Å²) in [6.07, 6.45) is 3.28. The Morgan fingerprint density at radius 1 is 1.40 bits per heavy atom. The summed E-state index contributed by atoms with van der Waals surface area (Å²) in [6.45, 7) is 4.64. The monoisotopic (exact) mass is 203 g/mol. The molecule has 0 fully saturated rings. The molecule has 0 aliphatic rings. The molecule has 78 valence electrons. The van der Waals surface area contributed by atoms with Crippen LogP contribution in [0.5, 0.6) is 0 Å². The summed E-state index contributed by atoms with van der Waals surface area (Å²) >= 11 is 0. The van der Waals surface area contributed by atoms with E-state index >= 15 is 0 Å². The van der Waals surface area contributed by atoms with E-state index in [9.17, 15) is 0 Å². The van der Waals surface area contributed by atoms with Crippen LogP contribution in [0.2, 0.25) is 0 Å². The van der Waals surface area contributed by atoms with Gasteiger partial charge in [-0.05, 0) is 19.9 Å². The van der Waals surface area contributed by atoms with Crippen molar-refractivity contribution in [1.29, 1.82) is 0 Å². The SMILES string of the molecule is Cc1n[nH]c(C)c1NCc1ccncn1. The van der Waals surface area contributed by atoms with Crippen LogP contribution in [-0.4, -0.2) is 20.2 Å². The Morgan fingerprint density at radius 3 is 2.87 bits per heavy atom. The second-order valence-electron chi connectivity index (χ2n) is 3.36. The first kappa shape index (κ1) is 9.64. The standard InChI is InChI=1S/C10H13N5/c1-7-10(8(2)15-14-7)12-5-9-3-4-11-6-13-9/h3-4,6,12H,5H2,1-2H3,(H,14,15). The fourth-order valence-electron chi connectivity index (χ4n) is 1.41. The lowest BCUT2D eigenvalue weighted by Gasteiger charge is -2.04. The third kappa shape index (κ3) is 2.12. The molecule has 0 saturated carbocycles. The smallest absolute Gasteiger partial charge is 0.115 e. The van der Waals surface area contributed by atoms with E-state index in [1.54, 1.807) is 12.5 Å². The highest BCUT2D eigenvalue weighted by Crippen LogP contribution is 2.16. The maximum absolute atomic E-state index is 4.13. The molecule has 0 saturated heterocycles. The second-order valence-corrected chi connectivity index (χ2v) is 3.36. The van der Waals surface area contributed by atoms with Gasteiger partial charge in [-0.15, -0.1) is 0 Å². The van der Waals surface area contributed by atoms with Gasteiger partial charge in [0.15, 0.2) is 0 Å². The molecule has 0 spiro atoms. The first-order valence-corrected chi connectivity index (χ1v) is 4.77. The molecule has 15 heavy (non-hydrogen) atoms. The van der Waals surface area contributed by atoms with Crippen molar-refractivity contribution in [1.82, 2.24) is 20.2 Å². The van der Waals surface area contributed by atoms with Gasteiger partial charge < -0.3 is 5.32 Å². The minimum absolute atomic E-state index is 0.684. The molecule has 5 heteroatoms. The minimum Gasteiger partial charge on any atom is -0.376 e. The lowest BCUT2D eigenvalue weighted by molar-refractivity contribution is 1.00. The highest BCUT2D eigenvalue weighted by molar-refractivity contribution is 5.51. The van der Waals surface area contributed by atoms with Gasteiger partial charge in [-0.2, -0.15) is 5.10 Å². The molecule has 5 nitrogen and oxygen atoms in total. The van der Waals surface area contributed by atoms with E-state index in [0.29, 0.717) is 6.54 Å². The fraction of sp³-hybridized carbons (Fsp3) is 0.300. The molecule has 0 atom stereocenters. The summed E-state index contributed by atoms with van der Waals surface area (Å²) in [5, 5.41) is 10.3. The Hall–Kier alpha value is -1.91. The number of nitrogens with one attached hydrogen (secondary N) is 2. The Kier molecular flexibility index (Phi) is 2.62. The van der Waals surface area contributed by atoms with Crippen LogP contribution in [0.3, 0.4) is 0 Å². The number of hydrogen-bond acceptors (Lipinski definition) is 4. The molecule has 0 unspecified atom stereocenters. The minimum atomic E-state index is 0.684. The Bertz CT molecular complexity index is 415. The predicted octanol–water partition coefficient (Wildman–Crippen LogP) is 1.43. The summed E-state index contributed by atoms with van der Waals surface area (Å²) in [7, 11) is 0. The van der Waals surface area contributed by atoms with Gasteiger partial charge >= 0.3 is 0 Å². The molecule has 0 aromatic carbocycles. The van der Waals surface area contributed by atoms with Crippen LogP contribution >= 0.6 is 0 Å². The van der Waals surface area contributed by atoms with E-state index in [-0.39, 0.29) is 0 Å². The molecule has 0 aliphatic carbocycles. The maximum Gasteiger partial charge on any atom is 0.115 e. The predicted molar refractivity (Wildman–Crippen MR) is 57.4 cm³/mol. The number of rotatable bonds is 3.